The Labute approximate surface area is 183 Å². The van der Waals surface area contributed by atoms with Crippen molar-refractivity contribution in [2.45, 2.75) is 38.6 Å². The Morgan fingerprint density at radius 2 is 1.61 bits per heavy atom. The molecule has 0 unspecified atom stereocenters. The Hall–Kier alpha value is -3.07. The number of nitrogens with one attached hydrogen (secondary N) is 1. The van der Waals surface area contributed by atoms with Gasteiger partial charge in [-0.05, 0) is 62.2 Å². The van der Waals surface area contributed by atoms with Crippen LogP contribution in [0.3, 0.4) is 0 Å². The van der Waals surface area contributed by atoms with Crippen molar-refractivity contribution in [2.75, 3.05) is 18.4 Å². The minimum atomic E-state index is -0.933. The molecule has 0 radical (unpaired) electrons. The van der Waals surface area contributed by atoms with Crippen LogP contribution in [0.1, 0.15) is 42.1 Å². The first-order chi connectivity index (χ1) is 14.8. The molecule has 8 N–H and O–H groups in total. The summed E-state index contributed by atoms with van der Waals surface area (Å²) in [7, 11) is 0. The van der Waals surface area contributed by atoms with E-state index in [-0.39, 0.29) is 5.91 Å². The smallest absolute Gasteiger partial charge is 0.320 e. The number of anilines is 1. The van der Waals surface area contributed by atoms with Gasteiger partial charge in [0.1, 0.15) is 12.3 Å². The van der Waals surface area contributed by atoms with Crippen LogP contribution < -0.4 is 22.5 Å². The van der Waals surface area contributed by atoms with E-state index in [0.717, 1.165) is 32.1 Å². The van der Waals surface area contributed by atoms with Gasteiger partial charge in [0.05, 0.1) is 0 Å². The number of carbonyl (C=O) groups excluding carboxylic acids is 2. The largest absolute Gasteiger partial charge is 0.480 e. The molecule has 2 rings (SSSR count). The van der Waals surface area contributed by atoms with E-state index in [1.165, 1.54) is 12.5 Å². The zero-order chi connectivity index (χ0) is 23.5. The van der Waals surface area contributed by atoms with Crippen molar-refractivity contribution in [3.8, 4) is 0 Å². The molecule has 0 aliphatic carbocycles. The number of rotatable bonds is 9. The van der Waals surface area contributed by atoms with E-state index < -0.39 is 12.0 Å². The lowest BCUT2D eigenvalue weighted by molar-refractivity contribution is -0.138. The second-order valence-corrected chi connectivity index (χ2v) is 6.67. The number of benzene rings is 2. The van der Waals surface area contributed by atoms with Crippen molar-refractivity contribution in [3.63, 3.8) is 0 Å². The van der Waals surface area contributed by atoms with E-state index >= 15 is 0 Å². The molecule has 0 aliphatic heterocycles. The molecule has 170 valence electrons. The molecule has 0 bridgehead atoms. The van der Waals surface area contributed by atoms with Crippen LogP contribution >= 0.6 is 0 Å². The molecule has 0 saturated heterocycles. The normalized spacial score (nSPS) is 10.5. The molecule has 1 amide bonds. The van der Waals surface area contributed by atoms with E-state index in [0.29, 0.717) is 24.2 Å². The van der Waals surface area contributed by atoms with E-state index in [9.17, 15) is 14.4 Å². The van der Waals surface area contributed by atoms with Gasteiger partial charge in [0.2, 0.25) is 5.91 Å². The second-order valence-electron chi connectivity index (χ2n) is 6.67. The lowest BCUT2D eigenvalue weighted by Gasteiger charge is -2.03. The molecule has 0 heterocycles. The molecule has 2 aromatic carbocycles. The van der Waals surface area contributed by atoms with Crippen LogP contribution in [-0.4, -0.2) is 42.4 Å². The van der Waals surface area contributed by atoms with E-state index in [1.54, 1.807) is 24.3 Å². The Morgan fingerprint density at radius 3 is 2.06 bits per heavy atom. The standard InChI is InChI=1S/C9H9NO2.C8H11N.C6H14N2O2/c1-7(12)10-9-4-2-8(6-11)3-5-9;9-7-6-8-4-2-1-3-5-8;7-4-2-1-3-5(8)6(9)10/h2-6H,1H3,(H,10,12);1-5H,6-7,9H2;5H,1-4,7-8H2,(H,9,10)/t;;5-/m..1/s1. The highest BCUT2D eigenvalue weighted by atomic mass is 16.4. The molecule has 2 aromatic rings. The number of carboxylic acid groups (broad SMARTS) is 1. The molecular weight excluding hydrogens is 396 g/mol. The first-order valence-corrected chi connectivity index (χ1v) is 10.1. The molecule has 8 heteroatoms. The Bertz CT molecular complexity index is 752. The Balaban J connectivity index is 0.000000441. The number of carboxylic acids is 1. The molecule has 8 nitrogen and oxygen atoms in total. The van der Waals surface area contributed by atoms with Crippen molar-refractivity contribution in [2.24, 2.45) is 17.2 Å². The van der Waals surface area contributed by atoms with Crippen LogP contribution in [0.15, 0.2) is 54.6 Å². The number of amides is 1. The average molecular weight is 431 g/mol. The molecule has 31 heavy (non-hydrogen) atoms. The third-order valence-electron chi connectivity index (χ3n) is 3.93. The maximum absolute atomic E-state index is 10.6. The summed E-state index contributed by atoms with van der Waals surface area (Å²) >= 11 is 0. The van der Waals surface area contributed by atoms with Gasteiger partial charge in [-0.25, -0.2) is 0 Å². The predicted molar refractivity (Wildman–Crippen MR) is 124 cm³/mol. The number of aliphatic carboxylic acids is 1. The number of carbonyl (C=O) groups is 3. The SMILES string of the molecule is CC(=O)Nc1ccc(C=O)cc1.NCCCC[C@@H](N)C(=O)O.NCCc1ccccc1. The van der Waals surface area contributed by atoms with Crippen molar-refractivity contribution < 1.29 is 19.5 Å². The van der Waals surface area contributed by atoms with Crippen LogP contribution in [0.25, 0.3) is 0 Å². The quantitative estimate of drug-likeness (QED) is 0.301. The summed E-state index contributed by atoms with van der Waals surface area (Å²) < 4.78 is 0. The molecule has 0 aromatic heterocycles. The first-order valence-electron chi connectivity index (χ1n) is 10.1. The number of aldehydes is 1. The molecule has 1 atom stereocenters. The van der Waals surface area contributed by atoms with Gasteiger partial charge < -0.3 is 27.6 Å². The number of unbranched alkanes of at least 4 members (excludes halogenated alkanes) is 1. The number of nitrogens with two attached hydrogens (primary N) is 3. The van der Waals surface area contributed by atoms with Gasteiger partial charge in [0.25, 0.3) is 0 Å². The topological polar surface area (TPSA) is 162 Å². The lowest BCUT2D eigenvalue weighted by Crippen LogP contribution is -2.29. The molecular formula is C23H34N4O4. The van der Waals surface area contributed by atoms with Crippen LogP contribution in [-0.2, 0) is 16.0 Å². The van der Waals surface area contributed by atoms with Crippen molar-refractivity contribution in [3.05, 3.63) is 65.7 Å². The molecule has 0 spiro atoms. The van der Waals surface area contributed by atoms with Gasteiger partial charge in [0.15, 0.2) is 0 Å². The van der Waals surface area contributed by atoms with Crippen LogP contribution in [0.5, 0.6) is 0 Å². The highest BCUT2D eigenvalue weighted by Gasteiger charge is 2.09. The zero-order valence-electron chi connectivity index (χ0n) is 18.0. The van der Waals surface area contributed by atoms with Crippen molar-refractivity contribution >= 4 is 23.9 Å². The Morgan fingerprint density at radius 1 is 1.00 bits per heavy atom. The minimum absolute atomic E-state index is 0.117. The summed E-state index contributed by atoms with van der Waals surface area (Å²) in [4.78, 5) is 31.0. The summed E-state index contributed by atoms with van der Waals surface area (Å²) in [5, 5.41) is 10.9. The van der Waals surface area contributed by atoms with Gasteiger partial charge in [0, 0.05) is 18.2 Å². The minimum Gasteiger partial charge on any atom is -0.480 e. The van der Waals surface area contributed by atoms with E-state index in [4.69, 9.17) is 22.3 Å². The molecule has 0 fully saturated rings. The number of hydrogen-bond acceptors (Lipinski definition) is 6. The summed E-state index contributed by atoms with van der Waals surface area (Å²) in [5.41, 5.74) is 18.4. The summed E-state index contributed by atoms with van der Waals surface area (Å²) in [6.45, 7) is 2.78. The fourth-order valence-electron chi connectivity index (χ4n) is 2.29. The van der Waals surface area contributed by atoms with Crippen molar-refractivity contribution in [1.82, 2.24) is 0 Å². The third kappa shape index (κ3) is 15.4. The van der Waals surface area contributed by atoms with Crippen LogP contribution in [0, 0.1) is 0 Å². The van der Waals surface area contributed by atoms with Crippen LogP contribution in [0.2, 0.25) is 0 Å². The Kier molecular flexibility index (Phi) is 16.0. The van der Waals surface area contributed by atoms with Gasteiger partial charge in [-0.1, -0.05) is 36.8 Å². The van der Waals surface area contributed by atoms with E-state index in [1.807, 2.05) is 18.2 Å². The highest BCUT2D eigenvalue weighted by Crippen LogP contribution is 2.07. The zero-order valence-corrected chi connectivity index (χ0v) is 18.0. The molecule has 0 saturated carbocycles. The number of hydrogen-bond donors (Lipinski definition) is 5. The summed E-state index contributed by atoms with van der Waals surface area (Å²) in [6, 6.07) is 16.2. The maximum atomic E-state index is 10.6. The monoisotopic (exact) mass is 430 g/mol. The van der Waals surface area contributed by atoms with Gasteiger partial charge >= 0.3 is 5.97 Å². The van der Waals surface area contributed by atoms with Crippen molar-refractivity contribution in [1.29, 1.82) is 0 Å². The maximum Gasteiger partial charge on any atom is 0.320 e. The van der Waals surface area contributed by atoms with Gasteiger partial charge in [-0.15, -0.1) is 0 Å². The first kappa shape index (κ1) is 27.9. The fraction of sp³-hybridized carbons (Fsp3) is 0.348. The lowest BCUT2D eigenvalue weighted by atomic mass is 10.1. The van der Waals surface area contributed by atoms with Crippen LogP contribution in [0.4, 0.5) is 5.69 Å². The van der Waals surface area contributed by atoms with E-state index in [2.05, 4.69) is 17.4 Å². The van der Waals surface area contributed by atoms with Gasteiger partial charge in [-0.2, -0.15) is 0 Å². The predicted octanol–water partition coefficient (Wildman–Crippen LogP) is 2.17. The third-order valence-corrected chi connectivity index (χ3v) is 3.93. The fourth-order valence-corrected chi connectivity index (χ4v) is 2.29. The van der Waals surface area contributed by atoms with Gasteiger partial charge in [-0.3, -0.25) is 14.4 Å². The highest BCUT2D eigenvalue weighted by molar-refractivity contribution is 5.89. The molecule has 0 aliphatic rings. The second kappa shape index (κ2) is 17.8. The summed E-state index contributed by atoms with van der Waals surface area (Å²) in [6.07, 6.45) is 3.91. The average Bonchev–Trinajstić information content (AvgIpc) is 2.76. The summed E-state index contributed by atoms with van der Waals surface area (Å²) in [5.74, 6) is -1.05.